The first-order valence-electron chi connectivity index (χ1n) is 7.40. The van der Waals surface area contributed by atoms with Gasteiger partial charge in [0.25, 0.3) is 0 Å². The maximum atomic E-state index is 13.3. The quantitative estimate of drug-likeness (QED) is 0.892. The molecule has 1 aromatic heterocycles. The minimum absolute atomic E-state index is 0.0844. The van der Waals surface area contributed by atoms with Crippen LogP contribution in [0, 0.1) is 5.82 Å². The first-order valence-corrected chi connectivity index (χ1v) is 7.40. The van der Waals surface area contributed by atoms with Crippen molar-refractivity contribution in [1.82, 2.24) is 9.88 Å². The average Bonchev–Trinajstić information content (AvgIpc) is 2.87. The number of nitrogens with one attached hydrogen (secondary N) is 1. The smallest absolute Gasteiger partial charge is 0.232 e. The first kappa shape index (κ1) is 15.5. The fourth-order valence-electron chi connectivity index (χ4n) is 2.70. The van der Waals surface area contributed by atoms with Gasteiger partial charge in [-0.25, -0.2) is 4.39 Å². The molecule has 0 radical (unpaired) electrons. The van der Waals surface area contributed by atoms with E-state index >= 15 is 0 Å². The fraction of sp³-hybridized carbons (Fsp3) is 0.471. The standard InChI is InChI=1S/C17H23FN2O/c1-5-6-9-20(4)16(21)17(2,3)14-11-19-15-10-12(18)7-8-13(14)15/h7-8,10-11,19H,5-6,9H2,1-4H3. The zero-order valence-electron chi connectivity index (χ0n) is 13.2. The molecular weight excluding hydrogens is 267 g/mol. The number of H-pyrrole nitrogens is 1. The van der Waals surface area contributed by atoms with Gasteiger partial charge in [-0.2, -0.15) is 0 Å². The Balaban J connectivity index is 2.34. The summed E-state index contributed by atoms with van der Waals surface area (Å²) >= 11 is 0. The van der Waals surface area contributed by atoms with E-state index < -0.39 is 5.41 Å². The van der Waals surface area contributed by atoms with E-state index in [0.717, 1.165) is 35.9 Å². The zero-order chi connectivity index (χ0) is 15.6. The third-order valence-electron chi connectivity index (χ3n) is 4.05. The van der Waals surface area contributed by atoms with Crippen molar-refractivity contribution >= 4 is 16.8 Å². The van der Waals surface area contributed by atoms with Gasteiger partial charge in [-0.1, -0.05) is 13.3 Å². The van der Waals surface area contributed by atoms with Gasteiger partial charge in [0.05, 0.1) is 5.41 Å². The minimum Gasteiger partial charge on any atom is -0.361 e. The van der Waals surface area contributed by atoms with Crippen LogP contribution < -0.4 is 0 Å². The van der Waals surface area contributed by atoms with E-state index in [2.05, 4.69) is 11.9 Å². The van der Waals surface area contributed by atoms with Crippen molar-refractivity contribution in [2.45, 2.75) is 39.0 Å². The maximum absolute atomic E-state index is 13.3. The molecule has 0 bridgehead atoms. The number of halogens is 1. The first-order chi connectivity index (χ1) is 9.87. The number of aromatic amines is 1. The Labute approximate surface area is 125 Å². The molecule has 1 aromatic carbocycles. The normalized spacial score (nSPS) is 11.9. The number of carbonyl (C=O) groups excluding carboxylic acids is 1. The lowest BCUT2D eigenvalue weighted by atomic mass is 9.83. The number of benzene rings is 1. The van der Waals surface area contributed by atoms with Crippen LogP contribution in [0.4, 0.5) is 4.39 Å². The van der Waals surface area contributed by atoms with E-state index in [1.165, 1.54) is 12.1 Å². The van der Waals surface area contributed by atoms with Gasteiger partial charge < -0.3 is 9.88 Å². The largest absolute Gasteiger partial charge is 0.361 e. The summed E-state index contributed by atoms with van der Waals surface area (Å²) in [4.78, 5) is 17.6. The molecule has 0 saturated carbocycles. The SMILES string of the molecule is CCCCN(C)C(=O)C(C)(C)c1c[nH]c2cc(F)ccc12. The monoisotopic (exact) mass is 290 g/mol. The van der Waals surface area contributed by atoms with Gasteiger partial charge in [0.15, 0.2) is 0 Å². The van der Waals surface area contributed by atoms with Crippen LogP contribution in [-0.4, -0.2) is 29.4 Å². The number of hydrogen-bond donors (Lipinski definition) is 1. The predicted molar refractivity (Wildman–Crippen MR) is 83.8 cm³/mol. The topological polar surface area (TPSA) is 36.1 Å². The maximum Gasteiger partial charge on any atom is 0.232 e. The van der Waals surface area contributed by atoms with E-state index in [4.69, 9.17) is 0 Å². The van der Waals surface area contributed by atoms with Crippen LogP contribution in [0.5, 0.6) is 0 Å². The molecule has 0 unspecified atom stereocenters. The van der Waals surface area contributed by atoms with Gasteiger partial charge in [-0.3, -0.25) is 4.79 Å². The number of fused-ring (bicyclic) bond motifs is 1. The van der Waals surface area contributed by atoms with Gasteiger partial charge >= 0.3 is 0 Å². The number of hydrogen-bond acceptors (Lipinski definition) is 1. The van der Waals surface area contributed by atoms with Crippen molar-refractivity contribution in [3.63, 3.8) is 0 Å². The molecule has 0 atom stereocenters. The summed E-state index contributed by atoms with van der Waals surface area (Å²) in [7, 11) is 1.84. The zero-order valence-corrected chi connectivity index (χ0v) is 13.2. The molecule has 114 valence electrons. The molecule has 4 heteroatoms. The Kier molecular flexibility index (Phi) is 4.35. The molecule has 0 spiro atoms. The van der Waals surface area contributed by atoms with Gasteiger partial charge in [-0.05, 0) is 44.0 Å². The Morgan fingerprint density at radius 2 is 2.10 bits per heavy atom. The molecule has 2 rings (SSSR count). The highest BCUT2D eigenvalue weighted by Crippen LogP contribution is 2.32. The Morgan fingerprint density at radius 1 is 1.38 bits per heavy atom. The van der Waals surface area contributed by atoms with Crippen molar-refractivity contribution in [3.8, 4) is 0 Å². The van der Waals surface area contributed by atoms with Gasteiger partial charge in [0, 0.05) is 30.7 Å². The molecule has 1 N–H and O–H groups in total. The summed E-state index contributed by atoms with van der Waals surface area (Å²) < 4.78 is 13.3. The summed E-state index contributed by atoms with van der Waals surface area (Å²) in [6, 6.07) is 4.62. The number of aromatic nitrogens is 1. The van der Waals surface area contributed by atoms with E-state index in [9.17, 15) is 9.18 Å². The minimum atomic E-state index is -0.640. The van der Waals surface area contributed by atoms with Crippen LogP contribution in [0.25, 0.3) is 10.9 Å². The number of carbonyl (C=O) groups is 1. The lowest BCUT2D eigenvalue weighted by molar-refractivity contribution is -0.134. The highest BCUT2D eigenvalue weighted by molar-refractivity contribution is 5.94. The number of rotatable bonds is 5. The Hall–Kier alpha value is -1.84. The van der Waals surface area contributed by atoms with Crippen LogP contribution >= 0.6 is 0 Å². The van der Waals surface area contributed by atoms with Crippen molar-refractivity contribution in [2.24, 2.45) is 0 Å². The predicted octanol–water partition coefficient (Wildman–Crippen LogP) is 3.84. The van der Waals surface area contributed by atoms with E-state index in [0.29, 0.717) is 0 Å². The molecule has 0 aliphatic carbocycles. The molecule has 3 nitrogen and oxygen atoms in total. The lowest BCUT2D eigenvalue weighted by Crippen LogP contribution is -2.41. The van der Waals surface area contributed by atoms with Crippen LogP contribution in [-0.2, 0) is 10.2 Å². The number of amides is 1. The van der Waals surface area contributed by atoms with Gasteiger partial charge in [0.2, 0.25) is 5.91 Å². The number of likely N-dealkylation sites (N-methyl/N-ethyl adjacent to an activating group) is 1. The second-order valence-electron chi connectivity index (χ2n) is 6.10. The number of unbranched alkanes of at least 4 members (excludes halogenated alkanes) is 1. The third kappa shape index (κ3) is 2.94. The average molecular weight is 290 g/mol. The molecule has 0 aliphatic heterocycles. The van der Waals surface area contributed by atoms with E-state index in [1.807, 2.05) is 27.1 Å². The van der Waals surface area contributed by atoms with E-state index in [1.54, 1.807) is 11.0 Å². The molecule has 0 saturated heterocycles. The van der Waals surface area contributed by atoms with Crippen LogP contribution in [0.2, 0.25) is 0 Å². The second-order valence-corrected chi connectivity index (χ2v) is 6.10. The summed E-state index contributed by atoms with van der Waals surface area (Å²) in [5.74, 6) is -0.193. The van der Waals surface area contributed by atoms with Gasteiger partial charge in [-0.15, -0.1) is 0 Å². The highest BCUT2D eigenvalue weighted by Gasteiger charge is 2.34. The Bertz CT molecular complexity index is 645. The summed E-state index contributed by atoms with van der Waals surface area (Å²) in [6.07, 6.45) is 3.87. The van der Waals surface area contributed by atoms with Crippen molar-refractivity contribution in [2.75, 3.05) is 13.6 Å². The molecule has 0 aliphatic rings. The van der Waals surface area contributed by atoms with Crippen LogP contribution in [0.15, 0.2) is 24.4 Å². The third-order valence-corrected chi connectivity index (χ3v) is 4.05. The van der Waals surface area contributed by atoms with Crippen molar-refractivity contribution in [3.05, 3.63) is 35.8 Å². The molecule has 21 heavy (non-hydrogen) atoms. The molecule has 2 aromatic rings. The summed E-state index contributed by atoms with van der Waals surface area (Å²) in [6.45, 7) is 6.71. The Morgan fingerprint density at radius 3 is 2.76 bits per heavy atom. The van der Waals surface area contributed by atoms with Crippen molar-refractivity contribution in [1.29, 1.82) is 0 Å². The summed E-state index contributed by atoms with van der Waals surface area (Å²) in [5.41, 5.74) is 0.992. The molecule has 0 fully saturated rings. The fourth-order valence-corrected chi connectivity index (χ4v) is 2.70. The summed E-state index contributed by atoms with van der Waals surface area (Å²) in [5, 5.41) is 0.902. The molecule has 1 heterocycles. The van der Waals surface area contributed by atoms with Gasteiger partial charge in [0.1, 0.15) is 5.82 Å². The van der Waals surface area contributed by atoms with E-state index in [-0.39, 0.29) is 11.7 Å². The second kappa shape index (κ2) is 5.88. The molecule has 1 amide bonds. The number of nitrogens with zero attached hydrogens (tertiary/aromatic N) is 1. The van der Waals surface area contributed by atoms with Crippen LogP contribution in [0.3, 0.4) is 0 Å². The van der Waals surface area contributed by atoms with Crippen molar-refractivity contribution < 1.29 is 9.18 Å². The highest BCUT2D eigenvalue weighted by atomic mass is 19.1. The van der Waals surface area contributed by atoms with Crippen LogP contribution in [0.1, 0.15) is 39.2 Å². The lowest BCUT2D eigenvalue weighted by Gasteiger charge is -2.29. The molecular formula is C17H23FN2O.